The van der Waals surface area contributed by atoms with Crippen LogP contribution in [0.25, 0.3) is 11.0 Å². The molecule has 0 fully saturated rings. The lowest BCUT2D eigenvalue weighted by Crippen LogP contribution is -2.02. The first-order chi connectivity index (χ1) is 7.26. The molecule has 1 aromatic heterocycles. The second-order valence-corrected chi connectivity index (χ2v) is 3.77. The van der Waals surface area contributed by atoms with Gasteiger partial charge in [0.15, 0.2) is 0 Å². The molecule has 0 aliphatic carbocycles. The Kier molecular flexibility index (Phi) is 2.93. The maximum Gasteiger partial charge on any atom is 0.135 e. The largest absolute Gasteiger partial charge is 0.377 e. The molecule has 0 atom stereocenters. The van der Waals surface area contributed by atoms with Gasteiger partial charge in [0.1, 0.15) is 12.4 Å². The van der Waals surface area contributed by atoms with Crippen LogP contribution in [0.1, 0.15) is 12.7 Å². The molecule has 2 rings (SSSR count). The molecule has 0 N–H and O–H groups in total. The van der Waals surface area contributed by atoms with Crippen molar-refractivity contribution >= 4 is 22.6 Å². The summed E-state index contributed by atoms with van der Waals surface area (Å²) >= 11 is 5.96. The molecule has 3 nitrogen and oxygen atoms in total. The molecule has 1 heterocycles. The monoisotopic (exact) mass is 224 g/mol. The number of fused-ring (bicyclic) bond motifs is 1. The predicted molar refractivity (Wildman–Crippen MR) is 61.1 cm³/mol. The summed E-state index contributed by atoms with van der Waals surface area (Å²) in [5.74, 6) is 0.942. The number of hydrogen-bond donors (Lipinski definition) is 0. The number of halogens is 1. The Morgan fingerprint density at radius 3 is 2.93 bits per heavy atom. The summed E-state index contributed by atoms with van der Waals surface area (Å²) in [6.45, 7) is 3.48. The lowest BCUT2D eigenvalue weighted by molar-refractivity contribution is 0.175. The fourth-order valence-electron chi connectivity index (χ4n) is 1.74. The third-order valence-electron chi connectivity index (χ3n) is 2.38. The molecule has 4 heteroatoms. The van der Waals surface area contributed by atoms with Crippen molar-refractivity contribution in [3.05, 3.63) is 29.0 Å². The van der Waals surface area contributed by atoms with E-state index in [1.165, 1.54) is 0 Å². The third-order valence-corrected chi connectivity index (χ3v) is 2.61. The molecule has 0 amide bonds. The molecule has 0 aliphatic rings. The average Bonchev–Trinajstić information content (AvgIpc) is 2.55. The van der Waals surface area contributed by atoms with Crippen molar-refractivity contribution in [3.8, 4) is 0 Å². The van der Waals surface area contributed by atoms with Gasteiger partial charge >= 0.3 is 0 Å². The van der Waals surface area contributed by atoms with Gasteiger partial charge < -0.3 is 9.30 Å². The number of ether oxygens (including phenoxy) is 1. The summed E-state index contributed by atoms with van der Waals surface area (Å²) in [5, 5.41) is 0.737. The van der Waals surface area contributed by atoms with E-state index in [9.17, 15) is 0 Å². The molecule has 0 saturated heterocycles. The lowest BCUT2D eigenvalue weighted by atomic mass is 10.3. The Morgan fingerprint density at radius 2 is 2.27 bits per heavy atom. The van der Waals surface area contributed by atoms with Gasteiger partial charge in [-0.3, -0.25) is 0 Å². The Hall–Kier alpha value is -1.06. The van der Waals surface area contributed by atoms with Crippen molar-refractivity contribution in [1.29, 1.82) is 0 Å². The molecule has 0 saturated carbocycles. The first-order valence-corrected chi connectivity index (χ1v) is 5.27. The van der Waals surface area contributed by atoms with Crippen molar-refractivity contribution in [3.63, 3.8) is 0 Å². The Labute approximate surface area is 93.6 Å². The highest BCUT2D eigenvalue weighted by Gasteiger charge is 2.08. The molecular weight excluding hydrogens is 212 g/mol. The molecule has 0 bridgehead atoms. The van der Waals surface area contributed by atoms with Gasteiger partial charge in [-0.05, 0) is 25.1 Å². The van der Waals surface area contributed by atoms with E-state index in [-0.39, 0.29) is 0 Å². The van der Waals surface area contributed by atoms with Crippen LogP contribution in [0, 0.1) is 0 Å². The zero-order valence-electron chi connectivity index (χ0n) is 8.83. The highest BCUT2D eigenvalue weighted by molar-refractivity contribution is 6.31. The van der Waals surface area contributed by atoms with Crippen LogP contribution in [0.2, 0.25) is 5.02 Å². The first kappa shape index (κ1) is 10.5. The number of aromatic nitrogens is 2. The Bertz CT molecular complexity index is 479. The second-order valence-electron chi connectivity index (χ2n) is 3.34. The minimum Gasteiger partial charge on any atom is -0.377 e. The number of aryl methyl sites for hydroxylation is 1. The van der Waals surface area contributed by atoms with Crippen molar-refractivity contribution in [2.24, 2.45) is 0 Å². The molecule has 1 aromatic carbocycles. The van der Waals surface area contributed by atoms with Gasteiger partial charge in [-0.1, -0.05) is 11.6 Å². The molecule has 80 valence electrons. The van der Waals surface area contributed by atoms with Crippen LogP contribution >= 0.6 is 11.6 Å². The van der Waals surface area contributed by atoms with Crippen molar-refractivity contribution in [2.75, 3.05) is 7.11 Å². The van der Waals surface area contributed by atoms with E-state index in [1.807, 2.05) is 18.2 Å². The number of nitrogens with zero attached hydrogens (tertiary/aromatic N) is 2. The van der Waals surface area contributed by atoms with E-state index in [4.69, 9.17) is 16.3 Å². The Morgan fingerprint density at radius 1 is 1.47 bits per heavy atom. The van der Waals surface area contributed by atoms with E-state index in [0.717, 1.165) is 28.4 Å². The molecule has 15 heavy (non-hydrogen) atoms. The fraction of sp³-hybridized carbons (Fsp3) is 0.364. The number of rotatable bonds is 3. The maximum absolute atomic E-state index is 5.96. The predicted octanol–water partition coefficient (Wildman–Crippen LogP) is 2.86. The van der Waals surface area contributed by atoms with Crippen molar-refractivity contribution in [2.45, 2.75) is 20.1 Å². The van der Waals surface area contributed by atoms with E-state index in [1.54, 1.807) is 7.11 Å². The standard InChI is InChI=1S/C11H13ClN2O/c1-3-14-10-6-8(12)4-5-9(10)13-11(14)7-15-2/h4-6H,3,7H2,1-2H3. The number of hydrogen-bond acceptors (Lipinski definition) is 2. The average molecular weight is 225 g/mol. The van der Waals surface area contributed by atoms with Gasteiger partial charge in [-0.2, -0.15) is 0 Å². The van der Waals surface area contributed by atoms with Gasteiger partial charge in [0.2, 0.25) is 0 Å². The summed E-state index contributed by atoms with van der Waals surface area (Å²) in [4.78, 5) is 4.49. The minimum absolute atomic E-state index is 0.528. The molecule has 0 spiro atoms. The summed E-state index contributed by atoms with van der Waals surface area (Å²) in [7, 11) is 1.67. The molecule has 0 radical (unpaired) electrons. The van der Waals surface area contributed by atoms with Gasteiger partial charge in [-0.15, -0.1) is 0 Å². The smallest absolute Gasteiger partial charge is 0.135 e. The highest BCUT2D eigenvalue weighted by atomic mass is 35.5. The van der Waals surface area contributed by atoms with Crippen LogP contribution in [0.15, 0.2) is 18.2 Å². The van der Waals surface area contributed by atoms with Gasteiger partial charge in [0.05, 0.1) is 11.0 Å². The third kappa shape index (κ3) is 1.85. The van der Waals surface area contributed by atoms with E-state index in [0.29, 0.717) is 6.61 Å². The first-order valence-electron chi connectivity index (χ1n) is 4.90. The van der Waals surface area contributed by atoms with Crippen molar-refractivity contribution in [1.82, 2.24) is 9.55 Å². The zero-order chi connectivity index (χ0) is 10.8. The summed E-state index contributed by atoms with van der Waals surface area (Å²) in [6.07, 6.45) is 0. The van der Waals surface area contributed by atoms with Crippen LogP contribution in [0.5, 0.6) is 0 Å². The van der Waals surface area contributed by atoms with E-state index in [2.05, 4.69) is 16.5 Å². The van der Waals surface area contributed by atoms with Crippen LogP contribution in [-0.2, 0) is 17.9 Å². The van der Waals surface area contributed by atoms with Gasteiger partial charge in [0.25, 0.3) is 0 Å². The molecular formula is C11H13ClN2O. The summed E-state index contributed by atoms with van der Waals surface area (Å²) in [5.41, 5.74) is 2.03. The molecule has 2 aromatic rings. The van der Waals surface area contributed by atoms with Gasteiger partial charge in [-0.25, -0.2) is 4.98 Å². The topological polar surface area (TPSA) is 27.1 Å². The summed E-state index contributed by atoms with van der Waals surface area (Å²) in [6, 6.07) is 5.73. The van der Waals surface area contributed by atoms with Crippen LogP contribution in [-0.4, -0.2) is 16.7 Å². The highest BCUT2D eigenvalue weighted by Crippen LogP contribution is 2.20. The summed E-state index contributed by atoms with van der Waals surface area (Å²) < 4.78 is 7.23. The SMILES string of the molecule is CCn1c(COC)nc2ccc(Cl)cc21. The number of imidazole rings is 1. The zero-order valence-corrected chi connectivity index (χ0v) is 9.58. The normalized spacial score (nSPS) is 11.1. The molecule has 0 aliphatic heterocycles. The van der Waals surface area contributed by atoms with Crippen LogP contribution in [0.4, 0.5) is 0 Å². The molecule has 0 unspecified atom stereocenters. The van der Waals surface area contributed by atoms with Gasteiger partial charge in [0, 0.05) is 18.7 Å². The number of methoxy groups -OCH3 is 1. The lowest BCUT2D eigenvalue weighted by Gasteiger charge is -2.04. The van der Waals surface area contributed by atoms with Crippen LogP contribution in [0.3, 0.4) is 0 Å². The fourth-order valence-corrected chi connectivity index (χ4v) is 1.90. The van der Waals surface area contributed by atoms with Crippen LogP contribution < -0.4 is 0 Å². The number of benzene rings is 1. The minimum atomic E-state index is 0.528. The maximum atomic E-state index is 5.96. The second kappa shape index (κ2) is 4.21. The van der Waals surface area contributed by atoms with E-state index < -0.39 is 0 Å². The Balaban J connectivity index is 2.63. The quantitative estimate of drug-likeness (QED) is 0.802. The van der Waals surface area contributed by atoms with Crippen molar-refractivity contribution < 1.29 is 4.74 Å². The van der Waals surface area contributed by atoms with E-state index >= 15 is 0 Å².